The number of nitrogens with one attached hydrogen (secondary N) is 2. The molecule has 0 spiro atoms. The highest BCUT2D eigenvalue weighted by Crippen LogP contribution is 2.47. The van der Waals surface area contributed by atoms with Gasteiger partial charge in [0.15, 0.2) is 0 Å². The molecule has 0 amide bonds. The summed E-state index contributed by atoms with van der Waals surface area (Å²) in [6.45, 7) is 2.09. The second-order valence-electron chi connectivity index (χ2n) is 7.25. The molecule has 4 rings (SSSR count). The summed E-state index contributed by atoms with van der Waals surface area (Å²) < 4.78 is 30.0. The molecule has 1 aliphatic rings. The molecule has 2 heterocycles. The minimum absolute atomic E-state index is 0.0426. The summed E-state index contributed by atoms with van der Waals surface area (Å²) in [7, 11) is -2.46. The SMILES string of the molecule is CC1CC1C(NS(=O)(=O)c1cnc2c(c1)c(=O)[nH]c(=O)n2C)c1ccccc1. The summed E-state index contributed by atoms with van der Waals surface area (Å²) >= 11 is 0. The molecule has 1 fully saturated rings. The summed E-state index contributed by atoms with van der Waals surface area (Å²) in [6, 6.07) is 10.3. The average Bonchev–Trinajstić information content (AvgIpc) is 3.41. The van der Waals surface area contributed by atoms with E-state index in [1.54, 1.807) is 0 Å². The van der Waals surface area contributed by atoms with Crippen LogP contribution in [0.2, 0.25) is 0 Å². The molecule has 0 bridgehead atoms. The first-order valence-corrected chi connectivity index (χ1v) is 10.4. The Kier molecular flexibility index (Phi) is 4.43. The first-order chi connectivity index (χ1) is 13.3. The number of benzene rings is 1. The van der Waals surface area contributed by atoms with Crippen molar-refractivity contribution in [1.29, 1.82) is 0 Å². The Morgan fingerprint density at radius 2 is 1.93 bits per heavy atom. The van der Waals surface area contributed by atoms with Gasteiger partial charge in [0.05, 0.1) is 11.4 Å². The molecule has 3 unspecified atom stereocenters. The predicted octanol–water partition coefficient (Wildman–Crippen LogP) is 1.30. The van der Waals surface area contributed by atoms with Crippen molar-refractivity contribution in [2.75, 3.05) is 0 Å². The van der Waals surface area contributed by atoms with Gasteiger partial charge in [0.2, 0.25) is 10.0 Å². The van der Waals surface area contributed by atoms with Crippen molar-refractivity contribution < 1.29 is 8.42 Å². The van der Waals surface area contributed by atoms with Gasteiger partial charge in [0.1, 0.15) is 10.5 Å². The predicted molar refractivity (Wildman–Crippen MR) is 104 cm³/mol. The van der Waals surface area contributed by atoms with Crippen LogP contribution in [-0.4, -0.2) is 23.0 Å². The maximum atomic E-state index is 13.0. The molecule has 0 saturated heterocycles. The molecule has 28 heavy (non-hydrogen) atoms. The topological polar surface area (TPSA) is 114 Å². The second-order valence-corrected chi connectivity index (χ2v) is 8.96. The van der Waals surface area contributed by atoms with Crippen molar-refractivity contribution in [3.8, 4) is 0 Å². The Morgan fingerprint density at radius 1 is 1.25 bits per heavy atom. The molecule has 3 aromatic rings. The van der Waals surface area contributed by atoms with Crippen LogP contribution in [0.4, 0.5) is 0 Å². The van der Waals surface area contributed by atoms with E-state index in [0.717, 1.165) is 12.0 Å². The van der Waals surface area contributed by atoms with Crippen LogP contribution in [0.1, 0.15) is 24.9 Å². The third-order valence-electron chi connectivity index (χ3n) is 5.28. The first-order valence-electron chi connectivity index (χ1n) is 8.94. The molecule has 0 radical (unpaired) electrons. The van der Waals surface area contributed by atoms with Gasteiger partial charge in [-0.15, -0.1) is 0 Å². The summed E-state index contributed by atoms with van der Waals surface area (Å²) in [4.78, 5) is 29.9. The van der Waals surface area contributed by atoms with Gasteiger partial charge in [-0.05, 0) is 29.9 Å². The Balaban J connectivity index is 1.75. The van der Waals surface area contributed by atoms with Crippen LogP contribution in [0.25, 0.3) is 11.0 Å². The van der Waals surface area contributed by atoms with Gasteiger partial charge in [0, 0.05) is 13.2 Å². The van der Waals surface area contributed by atoms with E-state index in [4.69, 9.17) is 0 Å². The Bertz CT molecular complexity index is 1260. The maximum absolute atomic E-state index is 13.0. The quantitative estimate of drug-likeness (QED) is 0.670. The molecule has 1 saturated carbocycles. The first kappa shape index (κ1) is 18.6. The zero-order chi connectivity index (χ0) is 20.1. The lowest BCUT2D eigenvalue weighted by Crippen LogP contribution is -2.32. The van der Waals surface area contributed by atoms with Crippen molar-refractivity contribution in [2.45, 2.75) is 24.3 Å². The number of aromatic amines is 1. The molecule has 9 heteroatoms. The summed E-state index contributed by atoms with van der Waals surface area (Å²) in [6.07, 6.45) is 2.11. The molecule has 1 aromatic carbocycles. The molecule has 1 aliphatic carbocycles. The highest BCUT2D eigenvalue weighted by molar-refractivity contribution is 7.89. The van der Waals surface area contributed by atoms with E-state index in [-0.39, 0.29) is 27.9 Å². The number of hydrogen-bond acceptors (Lipinski definition) is 5. The third-order valence-corrected chi connectivity index (χ3v) is 6.69. The van der Waals surface area contributed by atoms with Gasteiger partial charge >= 0.3 is 5.69 Å². The Morgan fingerprint density at radius 3 is 2.57 bits per heavy atom. The molecule has 0 aliphatic heterocycles. The monoisotopic (exact) mass is 400 g/mol. The van der Waals surface area contributed by atoms with Crippen LogP contribution in [0.15, 0.2) is 57.1 Å². The van der Waals surface area contributed by atoms with Crippen LogP contribution in [-0.2, 0) is 17.1 Å². The van der Waals surface area contributed by atoms with Gasteiger partial charge in [-0.2, -0.15) is 0 Å². The Hall–Kier alpha value is -2.78. The van der Waals surface area contributed by atoms with Crippen molar-refractivity contribution in [1.82, 2.24) is 19.3 Å². The van der Waals surface area contributed by atoms with E-state index in [0.29, 0.717) is 5.92 Å². The molecular weight excluding hydrogens is 380 g/mol. The number of hydrogen-bond donors (Lipinski definition) is 2. The van der Waals surface area contributed by atoms with Crippen molar-refractivity contribution in [3.63, 3.8) is 0 Å². The number of pyridine rings is 1. The highest BCUT2D eigenvalue weighted by Gasteiger charge is 2.42. The largest absolute Gasteiger partial charge is 0.329 e. The standard InChI is InChI=1S/C19H20N4O4S/c1-11-8-14(11)16(12-6-4-3-5-7-12)22-28(26,27)13-9-15-17(20-10-13)23(2)19(25)21-18(15)24/h3-7,9-11,14,16,22H,8H2,1-2H3,(H,21,24,25). The number of fused-ring (bicyclic) bond motifs is 1. The van der Waals surface area contributed by atoms with E-state index >= 15 is 0 Å². The minimum Gasteiger partial charge on any atom is -0.281 e. The Labute approximate surface area is 161 Å². The fourth-order valence-electron chi connectivity index (χ4n) is 3.48. The van der Waals surface area contributed by atoms with Gasteiger partial charge in [-0.25, -0.2) is 22.9 Å². The number of rotatable bonds is 5. The van der Waals surface area contributed by atoms with Crippen molar-refractivity contribution >= 4 is 21.1 Å². The van der Waals surface area contributed by atoms with Crippen LogP contribution >= 0.6 is 0 Å². The van der Waals surface area contributed by atoms with Crippen LogP contribution < -0.4 is 16.0 Å². The number of sulfonamides is 1. The highest BCUT2D eigenvalue weighted by atomic mass is 32.2. The van der Waals surface area contributed by atoms with Crippen LogP contribution in [0, 0.1) is 11.8 Å². The summed E-state index contributed by atoms with van der Waals surface area (Å²) in [5.41, 5.74) is -0.249. The summed E-state index contributed by atoms with van der Waals surface area (Å²) in [5.74, 6) is 0.648. The molecular formula is C19H20N4O4S. The lowest BCUT2D eigenvalue weighted by atomic mass is 10.0. The zero-order valence-electron chi connectivity index (χ0n) is 15.4. The van der Waals surface area contributed by atoms with E-state index in [9.17, 15) is 18.0 Å². The second kappa shape index (κ2) is 6.68. The van der Waals surface area contributed by atoms with E-state index in [1.165, 1.54) is 23.9 Å². The van der Waals surface area contributed by atoms with Gasteiger partial charge in [-0.1, -0.05) is 37.3 Å². The van der Waals surface area contributed by atoms with Gasteiger partial charge < -0.3 is 0 Å². The van der Waals surface area contributed by atoms with E-state index < -0.39 is 21.3 Å². The fraction of sp³-hybridized carbons (Fsp3) is 0.316. The maximum Gasteiger partial charge on any atom is 0.329 e. The van der Waals surface area contributed by atoms with E-state index in [1.807, 2.05) is 30.3 Å². The zero-order valence-corrected chi connectivity index (χ0v) is 16.2. The number of nitrogens with zero attached hydrogens (tertiary/aromatic N) is 2. The lowest BCUT2D eigenvalue weighted by molar-refractivity contribution is 0.513. The smallest absolute Gasteiger partial charge is 0.281 e. The average molecular weight is 400 g/mol. The third kappa shape index (κ3) is 3.27. The van der Waals surface area contributed by atoms with Crippen LogP contribution in [0.3, 0.4) is 0 Å². The molecule has 2 N–H and O–H groups in total. The van der Waals surface area contributed by atoms with Crippen molar-refractivity contribution in [3.05, 3.63) is 69.0 Å². The van der Waals surface area contributed by atoms with Crippen molar-refractivity contribution in [2.24, 2.45) is 18.9 Å². The van der Waals surface area contributed by atoms with Gasteiger partial charge in [0.25, 0.3) is 5.56 Å². The van der Waals surface area contributed by atoms with Crippen LogP contribution in [0.5, 0.6) is 0 Å². The lowest BCUT2D eigenvalue weighted by Gasteiger charge is -2.19. The molecule has 146 valence electrons. The minimum atomic E-state index is -3.92. The number of aromatic nitrogens is 3. The molecule has 8 nitrogen and oxygen atoms in total. The summed E-state index contributed by atoms with van der Waals surface area (Å²) in [5, 5.41) is 0.0426. The molecule has 2 aromatic heterocycles. The number of aryl methyl sites for hydroxylation is 1. The van der Waals surface area contributed by atoms with E-state index in [2.05, 4.69) is 21.6 Å². The normalized spacial score (nSPS) is 20.2. The number of H-pyrrole nitrogens is 1. The fourth-order valence-corrected chi connectivity index (χ4v) is 4.72. The van der Waals surface area contributed by atoms with Gasteiger partial charge in [-0.3, -0.25) is 14.3 Å². The molecule has 3 atom stereocenters.